The third-order valence-electron chi connectivity index (χ3n) is 5.67. The molecule has 0 aromatic heterocycles. The second-order valence-electron chi connectivity index (χ2n) is 7.89. The van der Waals surface area contributed by atoms with Crippen molar-refractivity contribution in [2.24, 2.45) is 11.7 Å². The minimum absolute atomic E-state index is 0.0164. The van der Waals surface area contributed by atoms with Gasteiger partial charge in [0.2, 0.25) is 5.91 Å². The first-order chi connectivity index (χ1) is 13.5. The van der Waals surface area contributed by atoms with E-state index in [0.717, 1.165) is 44.5 Å². The van der Waals surface area contributed by atoms with Crippen LogP contribution in [0.2, 0.25) is 0 Å². The Kier molecular flexibility index (Phi) is 7.14. The van der Waals surface area contributed by atoms with Crippen molar-refractivity contribution in [1.29, 1.82) is 0 Å². The summed E-state index contributed by atoms with van der Waals surface area (Å²) in [5.74, 6) is 0.616. The Morgan fingerprint density at radius 3 is 2.54 bits per heavy atom. The van der Waals surface area contributed by atoms with Crippen molar-refractivity contribution in [3.8, 4) is 5.75 Å². The van der Waals surface area contributed by atoms with Crippen LogP contribution in [-0.4, -0.2) is 67.1 Å². The second kappa shape index (κ2) is 9.78. The molecule has 3 N–H and O–H groups in total. The van der Waals surface area contributed by atoms with E-state index in [1.807, 2.05) is 29.2 Å². The van der Waals surface area contributed by atoms with E-state index >= 15 is 0 Å². The van der Waals surface area contributed by atoms with Crippen LogP contribution >= 0.6 is 0 Å². The lowest BCUT2D eigenvalue weighted by atomic mass is 9.97. The van der Waals surface area contributed by atoms with E-state index in [-0.39, 0.29) is 24.0 Å². The summed E-state index contributed by atoms with van der Waals surface area (Å²) in [6.07, 6.45) is 3.70. The van der Waals surface area contributed by atoms with E-state index in [0.29, 0.717) is 26.2 Å². The number of rotatable bonds is 6. The molecule has 2 saturated heterocycles. The summed E-state index contributed by atoms with van der Waals surface area (Å²) in [5.41, 5.74) is 6.63. The van der Waals surface area contributed by atoms with Crippen molar-refractivity contribution < 1.29 is 14.3 Å². The van der Waals surface area contributed by atoms with Crippen molar-refractivity contribution in [3.63, 3.8) is 0 Å². The van der Waals surface area contributed by atoms with Crippen LogP contribution in [0.15, 0.2) is 24.3 Å². The molecule has 7 heteroatoms. The van der Waals surface area contributed by atoms with Crippen molar-refractivity contribution >= 4 is 11.9 Å². The van der Waals surface area contributed by atoms with Gasteiger partial charge in [-0.1, -0.05) is 17.7 Å². The van der Waals surface area contributed by atoms with Gasteiger partial charge in [0.25, 0.3) is 0 Å². The normalized spacial score (nSPS) is 21.3. The fraction of sp³-hybridized carbons (Fsp3) is 0.619. The lowest BCUT2D eigenvalue weighted by Crippen LogP contribution is -2.49. The number of nitrogens with two attached hydrogens (primary N) is 1. The van der Waals surface area contributed by atoms with E-state index in [2.05, 4.69) is 17.1 Å². The number of likely N-dealkylation sites (tertiary alicyclic amines) is 2. The van der Waals surface area contributed by atoms with Crippen LogP contribution in [0.4, 0.5) is 4.79 Å². The topological polar surface area (TPSA) is 87.9 Å². The molecule has 2 heterocycles. The van der Waals surface area contributed by atoms with E-state index in [9.17, 15) is 9.59 Å². The number of hydrogen-bond acceptors (Lipinski definition) is 4. The Hall–Kier alpha value is -2.28. The van der Waals surface area contributed by atoms with Crippen LogP contribution in [0.1, 0.15) is 31.2 Å². The van der Waals surface area contributed by atoms with E-state index in [4.69, 9.17) is 10.5 Å². The van der Waals surface area contributed by atoms with Crippen molar-refractivity contribution in [2.45, 2.75) is 38.7 Å². The minimum atomic E-state index is -0.218. The van der Waals surface area contributed by atoms with Crippen molar-refractivity contribution in [1.82, 2.24) is 15.1 Å². The van der Waals surface area contributed by atoms with Crippen LogP contribution in [0.3, 0.4) is 0 Å². The summed E-state index contributed by atoms with van der Waals surface area (Å²) < 4.78 is 6.03. The van der Waals surface area contributed by atoms with Crippen LogP contribution in [-0.2, 0) is 4.79 Å². The van der Waals surface area contributed by atoms with Gasteiger partial charge in [0.15, 0.2) is 0 Å². The highest BCUT2D eigenvalue weighted by atomic mass is 16.5. The van der Waals surface area contributed by atoms with Gasteiger partial charge in [0.1, 0.15) is 11.9 Å². The third kappa shape index (κ3) is 5.86. The van der Waals surface area contributed by atoms with Gasteiger partial charge in [-0.15, -0.1) is 0 Å². The molecule has 0 spiro atoms. The molecule has 0 bridgehead atoms. The highest BCUT2D eigenvalue weighted by Crippen LogP contribution is 2.19. The van der Waals surface area contributed by atoms with E-state index < -0.39 is 0 Å². The maximum atomic E-state index is 12.4. The third-order valence-corrected chi connectivity index (χ3v) is 5.67. The maximum Gasteiger partial charge on any atom is 0.317 e. The molecule has 154 valence electrons. The lowest BCUT2D eigenvalue weighted by Gasteiger charge is -2.33. The smallest absolute Gasteiger partial charge is 0.317 e. The standard InChI is InChI=1S/C21H32N4O3/c1-16-4-6-18(7-5-16)28-19-8-12-25(13-9-19)21(27)23-10-14-24-11-2-3-17(15-24)20(22)26/h4-7,17,19H,2-3,8-15H2,1H3,(H2,22,26)(H,23,27). The Balaban J connectivity index is 1.33. The number of nitrogens with one attached hydrogen (secondary N) is 1. The zero-order valence-corrected chi connectivity index (χ0v) is 16.7. The molecule has 2 fully saturated rings. The van der Waals surface area contributed by atoms with Crippen molar-refractivity contribution in [3.05, 3.63) is 29.8 Å². The number of aryl methyl sites for hydroxylation is 1. The molecule has 2 aliphatic rings. The molecule has 28 heavy (non-hydrogen) atoms. The minimum Gasteiger partial charge on any atom is -0.490 e. The molecule has 7 nitrogen and oxygen atoms in total. The van der Waals surface area contributed by atoms with Gasteiger partial charge in [-0.05, 0) is 38.4 Å². The molecular formula is C21H32N4O3. The molecule has 1 aromatic carbocycles. The number of carbonyl (C=O) groups excluding carboxylic acids is 2. The number of primary amides is 1. The first-order valence-electron chi connectivity index (χ1n) is 10.3. The molecule has 0 saturated carbocycles. The Labute approximate surface area is 167 Å². The van der Waals surface area contributed by atoms with Crippen molar-refractivity contribution in [2.75, 3.05) is 39.3 Å². The van der Waals surface area contributed by atoms with Gasteiger partial charge in [0, 0.05) is 45.6 Å². The Morgan fingerprint density at radius 2 is 1.86 bits per heavy atom. The summed E-state index contributed by atoms with van der Waals surface area (Å²) in [6.45, 7) is 6.47. The van der Waals surface area contributed by atoms with E-state index in [1.165, 1.54) is 5.56 Å². The largest absolute Gasteiger partial charge is 0.490 e. The molecule has 0 radical (unpaired) electrons. The summed E-state index contributed by atoms with van der Waals surface area (Å²) in [7, 11) is 0. The van der Waals surface area contributed by atoms with Crippen LogP contribution in [0.25, 0.3) is 0 Å². The number of ether oxygens (including phenoxy) is 1. The average Bonchev–Trinajstić information content (AvgIpc) is 2.70. The molecule has 3 rings (SSSR count). The fourth-order valence-corrected chi connectivity index (χ4v) is 3.91. The molecular weight excluding hydrogens is 356 g/mol. The zero-order chi connectivity index (χ0) is 19.9. The first-order valence-corrected chi connectivity index (χ1v) is 10.3. The predicted octanol–water partition coefficient (Wildman–Crippen LogP) is 1.75. The number of benzene rings is 1. The quantitative estimate of drug-likeness (QED) is 0.777. The van der Waals surface area contributed by atoms with Gasteiger partial charge in [-0.2, -0.15) is 0 Å². The highest BCUT2D eigenvalue weighted by molar-refractivity contribution is 5.77. The summed E-state index contributed by atoms with van der Waals surface area (Å²) in [4.78, 5) is 27.8. The monoisotopic (exact) mass is 388 g/mol. The van der Waals surface area contributed by atoms with Gasteiger partial charge in [0.05, 0.1) is 5.92 Å². The molecule has 0 aliphatic carbocycles. The summed E-state index contributed by atoms with van der Waals surface area (Å²) in [5, 5.41) is 3.00. The van der Waals surface area contributed by atoms with Crippen LogP contribution < -0.4 is 15.8 Å². The molecule has 2 aliphatic heterocycles. The van der Waals surface area contributed by atoms with Gasteiger partial charge >= 0.3 is 6.03 Å². The average molecular weight is 389 g/mol. The molecule has 1 atom stereocenters. The summed E-state index contributed by atoms with van der Waals surface area (Å²) >= 11 is 0. The van der Waals surface area contributed by atoms with Gasteiger partial charge in [-0.3, -0.25) is 4.79 Å². The fourth-order valence-electron chi connectivity index (χ4n) is 3.91. The maximum absolute atomic E-state index is 12.4. The second-order valence-corrected chi connectivity index (χ2v) is 7.89. The van der Waals surface area contributed by atoms with E-state index in [1.54, 1.807) is 0 Å². The molecule has 1 aromatic rings. The lowest BCUT2D eigenvalue weighted by molar-refractivity contribution is -0.123. The number of carbonyl (C=O) groups is 2. The number of nitrogens with zero attached hydrogens (tertiary/aromatic N) is 2. The molecule has 1 unspecified atom stereocenters. The van der Waals surface area contributed by atoms with Gasteiger partial charge < -0.3 is 25.6 Å². The molecule has 3 amide bonds. The van der Waals surface area contributed by atoms with Crippen LogP contribution in [0.5, 0.6) is 5.75 Å². The highest BCUT2D eigenvalue weighted by Gasteiger charge is 2.25. The SMILES string of the molecule is Cc1ccc(OC2CCN(C(=O)NCCN3CCCC(C(N)=O)C3)CC2)cc1. The Morgan fingerprint density at radius 1 is 1.14 bits per heavy atom. The number of piperidine rings is 2. The number of urea groups is 1. The zero-order valence-electron chi connectivity index (χ0n) is 16.7. The first kappa shape index (κ1) is 20.5. The predicted molar refractivity (Wildman–Crippen MR) is 108 cm³/mol. The number of hydrogen-bond donors (Lipinski definition) is 2. The number of amides is 3. The summed E-state index contributed by atoms with van der Waals surface area (Å²) in [6, 6.07) is 8.07. The van der Waals surface area contributed by atoms with Gasteiger partial charge in [-0.25, -0.2) is 4.79 Å². The Bertz CT molecular complexity index is 656. The van der Waals surface area contributed by atoms with Crippen LogP contribution in [0, 0.1) is 12.8 Å².